The zero-order chi connectivity index (χ0) is 17.5. The topological polar surface area (TPSA) is 42.0 Å². The summed E-state index contributed by atoms with van der Waals surface area (Å²) in [5.74, 6) is -0.178. The third-order valence-corrected chi connectivity index (χ3v) is 4.51. The van der Waals surface area contributed by atoms with Gasteiger partial charge >= 0.3 is 0 Å². The molecule has 0 aliphatic rings. The normalized spacial score (nSPS) is 10.9. The van der Waals surface area contributed by atoms with Gasteiger partial charge in [-0.15, -0.1) is 11.3 Å². The number of carbonyl (C=O) groups is 1. The molecule has 25 heavy (non-hydrogen) atoms. The summed E-state index contributed by atoms with van der Waals surface area (Å²) < 4.78 is 0. The Morgan fingerprint density at radius 1 is 1.12 bits per heavy atom. The average molecular weight is 348 g/mol. The predicted octanol–water partition coefficient (Wildman–Crippen LogP) is 5.41. The molecule has 1 aromatic heterocycles. The quantitative estimate of drug-likeness (QED) is 0.605. The molecule has 0 aliphatic carbocycles. The fourth-order valence-electron chi connectivity index (χ4n) is 2.48. The lowest BCUT2D eigenvalue weighted by Gasteiger charge is -2.00. The van der Waals surface area contributed by atoms with Gasteiger partial charge in [-0.2, -0.15) is 0 Å². The van der Waals surface area contributed by atoms with Crippen molar-refractivity contribution in [3.63, 3.8) is 0 Å². The van der Waals surface area contributed by atoms with Crippen molar-refractivity contribution < 1.29 is 4.79 Å². The molecule has 2 aromatic carbocycles. The monoisotopic (exact) mass is 348 g/mol. The molecule has 0 unspecified atom stereocenters. The smallest absolute Gasteiger partial charge is 0.250 e. The standard InChI is InChI=1S/C21H20N2OS/c1-2-6-16-9-12-18(13-10-16)19-15-25-21(22-19)23-20(24)14-11-17-7-4-3-5-8-17/h3-5,7-15H,2,6H2,1H3,(H,22,23,24)/b14-11+. The van der Waals surface area contributed by atoms with Crippen molar-refractivity contribution in [3.05, 3.63) is 77.2 Å². The van der Waals surface area contributed by atoms with Crippen molar-refractivity contribution in [2.75, 3.05) is 5.32 Å². The first-order valence-corrected chi connectivity index (χ1v) is 9.21. The van der Waals surface area contributed by atoms with Crippen LogP contribution in [-0.2, 0) is 11.2 Å². The van der Waals surface area contributed by atoms with Crippen LogP contribution in [0.5, 0.6) is 0 Å². The molecule has 0 radical (unpaired) electrons. The summed E-state index contributed by atoms with van der Waals surface area (Å²) in [6.07, 6.45) is 5.54. The summed E-state index contributed by atoms with van der Waals surface area (Å²) in [5.41, 5.74) is 4.28. The van der Waals surface area contributed by atoms with E-state index in [-0.39, 0.29) is 5.91 Å². The Balaban J connectivity index is 1.63. The molecule has 0 atom stereocenters. The van der Waals surface area contributed by atoms with Gasteiger partial charge in [0.25, 0.3) is 0 Å². The molecule has 1 amide bonds. The van der Waals surface area contributed by atoms with Crippen molar-refractivity contribution in [2.45, 2.75) is 19.8 Å². The number of anilines is 1. The zero-order valence-corrected chi connectivity index (χ0v) is 14.9. The highest BCUT2D eigenvalue weighted by atomic mass is 32.1. The van der Waals surface area contributed by atoms with Gasteiger partial charge in [-0.25, -0.2) is 4.98 Å². The Morgan fingerprint density at radius 2 is 1.88 bits per heavy atom. The Labute approximate surface area is 152 Å². The van der Waals surface area contributed by atoms with Gasteiger partial charge in [-0.05, 0) is 23.6 Å². The third-order valence-electron chi connectivity index (χ3n) is 3.75. The second-order valence-electron chi connectivity index (χ2n) is 5.72. The van der Waals surface area contributed by atoms with Crippen LogP contribution in [0.3, 0.4) is 0 Å². The Morgan fingerprint density at radius 3 is 2.60 bits per heavy atom. The van der Waals surface area contributed by atoms with Crippen LogP contribution in [0.4, 0.5) is 5.13 Å². The lowest BCUT2D eigenvalue weighted by atomic mass is 10.1. The molecule has 4 heteroatoms. The predicted molar refractivity (Wildman–Crippen MR) is 106 cm³/mol. The van der Waals surface area contributed by atoms with E-state index in [9.17, 15) is 4.79 Å². The lowest BCUT2D eigenvalue weighted by molar-refractivity contribution is -0.111. The van der Waals surface area contributed by atoms with E-state index < -0.39 is 0 Å². The van der Waals surface area contributed by atoms with Crippen LogP contribution in [0.2, 0.25) is 0 Å². The van der Waals surface area contributed by atoms with Crippen LogP contribution in [-0.4, -0.2) is 10.9 Å². The summed E-state index contributed by atoms with van der Waals surface area (Å²) in [6.45, 7) is 2.18. The first-order chi connectivity index (χ1) is 12.2. The van der Waals surface area contributed by atoms with Gasteiger partial charge in [0, 0.05) is 17.0 Å². The van der Waals surface area contributed by atoms with Gasteiger partial charge in [0.05, 0.1) is 5.69 Å². The van der Waals surface area contributed by atoms with Gasteiger partial charge in [0.2, 0.25) is 5.91 Å². The molecule has 3 aromatic rings. The van der Waals surface area contributed by atoms with E-state index in [1.165, 1.54) is 23.0 Å². The SMILES string of the molecule is CCCc1ccc(-c2csc(NC(=O)/C=C/c3ccccc3)n2)cc1. The number of aromatic nitrogens is 1. The molecule has 0 fully saturated rings. The summed E-state index contributed by atoms with van der Waals surface area (Å²) in [7, 11) is 0. The minimum Gasteiger partial charge on any atom is -0.298 e. The summed E-state index contributed by atoms with van der Waals surface area (Å²) in [6, 6.07) is 18.2. The van der Waals surface area contributed by atoms with Gasteiger partial charge in [0.15, 0.2) is 5.13 Å². The van der Waals surface area contributed by atoms with E-state index in [0.29, 0.717) is 5.13 Å². The minimum absolute atomic E-state index is 0.178. The molecule has 1 N–H and O–H groups in total. The maximum Gasteiger partial charge on any atom is 0.250 e. The first-order valence-electron chi connectivity index (χ1n) is 8.33. The van der Waals surface area contributed by atoms with Crippen molar-refractivity contribution in [1.82, 2.24) is 4.98 Å². The van der Waals surface area contributed by atoms with Crippen molar-refractivity contribution in [1.29, 1.82) is 0 Å². The molecule has 0 saturated heterocycles. The molecular weight excluding hydrogens is 328 g/mol. The fourth-order valence-corrected chi connectivity index (χ4v) is 3.20. The van der Waals surface area contributed by atoms with E-state index in [1.54, 1.807) is 6.08 Å². The minimum atomic E-state index is -0.178. The van der Waals surface area contributed by atoms with Crippen LogP contribution < -0.4 is 5.32 Å². The number of nitrogens with one attached hydrogen (secondary N) is 1. The van der Waals surface area contributed by atoms with Crippen LogP contribution in [0.1, 0.15) is 24.5 Å². The molecule has 0 saturated carbocycles. The van der Waals surface area contributed by atoms with E-state index >= 15 is 0 Å². The molecule has 0 aliphatic heterocycles. The van der Waals surface area contributed by atoms with Crippen LogP contribution in [0.15, 0.2) is 66.1 Å². The number of hydrogen-bond acceptors (Lipinski definition) is 3. The number of carbonyl (C=O) groups excluding carboxylic acids is 1. The Bertz CT molecular complexity index is 851. The number of aryl methyl sites for hydroxylation is 1. The fraction of sp³-hybridized carbons (Fsp3) is 0.143. The maximum absolute atomic E-state index is 12.0. The Kier molecular flexibility index (Phi) is 5.75. The number of nitrogens with zero attached hydrogens (tertiary/aromatic N) is 1. The van der Waals surface area contributed by atoms with Gasteiger partial charge in [-0.3, -0.25) is 10.1 Å². The van der Waals surface area contributed by atoms with E-state index in [1.807, 2.05) is 35.7 Å². The lowest BCUT2D eigenvalue weighted by Crippen LogP contribution is -2.07. The second-order valence-corrected chi connectivity index (χ2v) is 6.58. The molecule has 1 heterocycles. The van der Waals surface area contributed by atoms with E-state index in [2.05, 4.69) is 41.5 Å². The highest BCUT2D eigenvalue weighted by molar-refractivity contribution is 7.14. The number of hydrogen-bond donors (Lipinski definition) is 1. The van der Waals surface area contributed by atoms with E-state index in [0.717, 1.165) is 29.7 Å². The van der Waals surface area contributed by atoms with E-state index in [4.69, 9.17) is 0 Å². The molecular formula is C21H20N2OS. The second kappa shape index (κ2) is 8.40. The van der Waals surface area contributed by atoms with Crippen molar-refractivity contribution in [2.24, 2.45) is 0 Å². The van der Waals surface area contributed by atoms with Gasteiger partial charge < -0.3 is 0 Å². The van der Waals surface area contributed by atoms with Gasteiger partial charge in [0.1, 0.15) is 0 Å². The third kappa shape index (κ3) is 4.88. The summed E-state index contributed by atoms with van der Waals surface area (Å²) in [5, 5.41) is 5.39. The van der Waals surface area contributed by atoms with Crippen molar-refractivity contribution in [3.8, 4) is 11.3 Å². The average Bonchev–Trinajstić information content (AvgIpc) is 3.10. The van der Waals surface area contributed by atoms with Crippen LogP contribution >= 0.6 is 11.3 Å². The highest BCUT2D eigenvalue weighted by Gasteiger charge is 2.06. The summed E-state index contributed by atoms with van der Waals surface area (Å²) >= 11 is 1.43. The number of amides is 1. The molecule has 0 spiro atoms. The highest BCUT2D eigenvalue weighted by Crippen LogP contribution is 2.25. The van der Waals surface area contributed by atoms with Crippen LogP contribution in [0, 0.1) is 0 Å². The first kappa shape index (κ1) is 17.1. The molecule has 0 bridgehead atoms. The summed E-state index contributed by atoms with van der Waals surface area (Å²) in [4.78, 5) is 16.5. The molecule has 126 valence electrons. The number of thiazole rings is 1. The van der Waals surface area contributed by atoms with Crippen LogP contribution in [0.25, 0.3) is 17.3 Å². The number of benzene rings is 2. The maximum atomic E-state index is 12.0. The molecule has 3 nitrogen and oxygen atoms in total. The Hall–Kier alpha value is -2.72. The van der Waals surface area contributed by atoms with Crippen molar-refractivity contribution >= 4 is 28.5 Å². The largest absolute Gasteiger partial charge is 0.298 e. The van der Waals surface area contributed by atoms with Gasteiger partial charge in [-0.1, -0.05) is 67.9 Å². The zero-order valence-electron chi connectivity index (χ0n) is 14.1. The molecule has 3 rings (SSSR count). The number of rotatable bonds is 6.